The summed E-state index contributed by atoms with van der Waals surface area (Å²) < 4.78 is 16.7. The fourth-order valence-corrected chi connectivity index (χ4v) is 7.96. The van der Waals surface area contributed by atoms with Gasteiger partial charge in [0.25, 0.3) is 0 Å². The molecular weight excluding hydrogens is 901 g/mol. The lowest BCUT2D eigenvalue weighted by Crippen LogP contribution is -2.30. The zero-order valence-electron chi connectivity index (χ0n) is 47.4. The van der Waals surface area contributed by atoms with Crippen LogP contribution in [0.15, 0.2) is 122 Å². The molecule has 0 fully saturated rings. The molecule has 0 aliphatic rings. The molecule has 0 spiro atoms. The van der Waals surface area contributed by atoms with Crippen LogP contribution in [0.1, 0.15) is 265 Å². The van der Waals surface area contributed by atoms with Gasteiger partial charge in [-0.3, -0.25) is 14.4 Å². The highest BCUT2D eigenvalue weighted by Gasteiger charge is 2.19. The van der Waals surface area contributed by atoms with Crippen molar-refractivity contribution in [3.8, 4) is 0 Å². The Kier molecular flexibility index (Phi) is 56.9. The normalized spacial score (nSPS) is 13.0. The van der Waals surface area contributed by atoms with E-state index in [-0.39, 0.29) is 31.1 Å². The molecular formula is C67H110O6. The van der Waals surface area contributed by atoms with E-state index in [4.69, 9.17) is 14.2 Å². The molecule has 0 rings (SSSR count). The molecule has 0 heterocycles. The Hall–Kier alpha value is -4.19. The van der Waals surface area contributed by atoms with Crippen molar-refractivity contribution in [3.05, 3.63) is 122 Å². The van der Waals surface area contributed by atoms with Crippen molar-refractivity contribution < 1.29 is 28.6 Å². The van der Waals surface area contributed by atoms with Crippen LogP contribution in [-0.2, 0) is 28.6 Å². The van der Waals surface area contributed by atoms with Crippen LogP contribution in [0.3, 0.4) is 0 Å². The SMILES string of the molecule is CC/C=C\C/C=C\C/C=C\C/C=C\C/C=C\C/C=C\C/C=C\C/C=C\CCCCC(=O)OCC(COC(=O)CCCCCCC)OC(=O)CCCCCCCCCCCCC/C=C\C/C=C\CCCCCCC. The largest absolute Gasteiger partial charge is 0.462 e. The highest BCUT2D eigenvalue weighted by Crippen LogP contribution is 2.15. The standard InChI is InChI=1S/C67H110O6/c1-4-7-10-13-15-17-19-21-23-25-27-29-31-32-33-34-36-37-39-41-43-45-47-49-51-54-57-60-66(69)72-63-64(62-71-65(68)59-56-53-12-9-6-3)73-67(70)61-58-55-52-50-48-46-44-42-40-38-35-30-28-26-24-22-20-18-16-14-11-8-5-2/h7,10,15,17,20-23,26-29,32-33,36-37,41,43,47,49,64H,4-6,8-9,11-14,16,18-19,24-25,30-31,34-35,38-40,42,44-46,48,50-63H2,1-3H3/b10-7-,17-15-,22-20-,23-21-,28-26-,29-27-,33-32-,37-36-,43-41-,49-47-. The van der Waals surface area contributed by atoms with E-state index >= 15 is 0 Å². The fourth-order valence-electron chi connectivity index (χ4n) is 7.96. The number of allylic oxidation sites excluding steroid dienone is 20. The minimum Gasteiger partial charge on any atom is -0.462 e. The summed E-state index contributed by atoms with van der Waals surface area (Å²) in [5.74, 6) is -0.958. The van der Waals surface area contributed by atoms with Gasteiger partial charge in [0.2, 0.25) is 0 Å². The number of ether oxygens (including phenoxy) is 3. The van der Waals surface area contributed by atoms with Crippen LogP contribution in [0.5, 0.6) is 0 Å². The van der Waals surface area contributed by atoms with E-state index < -0.39 is 6.10 Å². The first kappa shape index (κ1) is 68.8. The Morgan fingerprint density at radius 2 is 0.534 bits per heavy atom. The summed E-state index contributed by atoms with van der Waals surface area (Å²) in [6.45, 7) is 6.39. The second kappa shape index (κ2) is 60.4. The molecule has 6 heteroatoms. The molecule has 0 aliphatic heterocycles. The van der Waals surface area contributed by atoms with Crippen LogP contribution in [0.25, 0.3) is 0 Å². The van der Waals surface area contributed by atoms with Gasteiger partial charge in [-0.15, -0.1) is 0 Å². The Morgan fingerprint density at radius 1 is 0.288 bits per heavy atom. The van der Waals surface area contributed by atoms with Crippen molar-refractivity contribution >= 4 is 17.9 Å². The molecule has 0 aromatic carbocycles. The molecule has 0 aliphatic carbocycles. The Bertz CT molecular complexity index is 1540. The summed E-state index contributed by atoms with van der Waals surface area (Å²) in [7, 11) is 0. The summed E-state index contributed by atoms with van der Waals surface area (Å²) in [5.41, 5.74) is 0. The quantitative estimate of drug-likeness (QED) is 0.0261. The molecule has 0 bridgehead atoms. The average molecular weight is 1010 g/mol. The Labute approximate surface area is 450 Å². The first-order valence-corrected chi connectivity index (χ1v) is 30.0. The van der Waals surface area contributed by atoms with E-state index in [1.54, 1.807) is 0 Å². The zero-order chi connectivity index (χ0) is 52.9. The lowest BCUT2D eigenvalue weighted by Gasteiger charge is -2.18. The van der Waals surface area contributed by atoms with Crippen molar-refractivity contribution in [3.63, 3.8) is 0 Å². The van der Waals surface area contributed by atoms with Crippen molar-refractivity contribution in [2.75, 3.05) is 13.2 Å². The Morgan fingerprint density at radius 3 is 0.863 bits per heavy atom. The molecule has 6 nitrogen and oxygen atoms in total. The van der Waals surface area contributed by atoms with Gasteiger partial charge in [-0.2, -0.15) is 0 Å². The zero-order valence-corrected chi connectivity index (χ0v) is 47.4. The number of rotatable bonds is 53. The summed E-state index contributed by atoms with van der Waals surface area (Å²) in [6.07, 6.45) is 83.9. The maximum absolute atomic E-state index is 12.8. The monoisotopic (exact) mass is 1010 g/mol. The summed E-state index contributed by atoms with van der Waals surface area (Å²) in [4.78, 5) is 37.8. The van der Waals surface area contributed by atoms with Gasteiger partial charge in [0.15, 0.2) is 6.10 Å². The van der Waals surface area contributed by atoms with E-state index in [1.807, 2.05) is 0 Å². The van der Waals surface area contributed by atoms with Gasteiger partial charge in [-0.05, 0) is 116 Å². The maximum Gasteiger partial charge on any atom is 0.306 e. The number of carbonyl (C=O) groups excluding carboxylic acids is 3. The molecule has 0 aromatic heterocycles. The molecule has 414 valence electrons. The molecule has 73 heavy (non-hydrogen) atoms. The van der Waals surface area contributed by atoms with E-state index in [0.717, 1.165) is 128 Å². The molecule has 0 radical (unpaired) electrons. The third-order valence-electron chi connectivity index (χ3n) is 12.5. The summed E-state index contributed by atoms with van der Waals surface area (Å²) >= 11 is 0. The minimum absolute atomic E-state index is 0.0955. The number of unbranched alkanes of at least 4 members (excludes halogenated alkanes) is 22. The van der Waals surface area contributed by atoms with E-state index in [2.05, 4.69) is 142 Å². The highest BCUT2D eigenvalue weighted by molar-refractivity contribution is 5.71. The predicted molar refractivity (Wildman–Crippen MR) is 316 cm³/mol. The first-order chi connectivity index (χ1) is 36.0. The first-order valence-electron chi connectivity index (χ1n) is 30.0. The van der Waals surface area contributed by atoms with Gasteiger partial charge in [-0.25, -0.2) is 0 Å². The van der Waals surface area contributed by atoms with Crippen LogP contribution in [0.4, 0.5) is 0 Å². The number of hydrogen-bond donors (Lipinski definition) is 0. The van der Waals surface area contributed by atoms with E-state index in [1.165, 1.54) is 96.3 Å². The van der Waals surface area contributed by atoms with Crippen LogP contribution in [0.2, 0.25) is 0 Å². The van der Waals surface area contributed by atoms with Crippen LogP contribution >= 0.6 is 0 Å². The molecule has 0 amide bonds. The van der Waals surface area contributed by atoms with Crippen LogP contribution < -0.4 is 0 Å². The second-order valence-corrected chi connectivity index (χ2v) is 19.5. The number of esters is 3. The van der Waals surface area contributed by atoms with Crippen molar-refractivity contribution in [1.82, 2.24) is 0 Å². The average Bonchev–Trinajstić information content (AvgIpc) is 3.39. The minimum atomic E-state index is -0.797. The number of carbonyl (C=O) groups is 3. The van der Waals surface area contributed by atoms with E-state index in [0.29, 0.717) is 19.3 Å². The van der Waals surface area contributed by atoms with Gasteiger partial charge in [0, 0.05) is 19.3 Å². The number of hydrogen-bond acceptors (Lipinski definition) is 6. The van der Waals surface area contributed by atoms with Gasteiger partial charge in [-0.1, -0.05) is 251 Å². The molecule has 0 N–H and O–H groups in total. The summed E-state index contributed by atoms with van der Waals surface area (Å²) in [6, 6.07) is 0. The highest BCUT2D eigenvalue weighted by atomic mass is 16.6. The topological polar surface area (TPSA) is 78.9 Å². The van der Waals surface area contributed by atoms with Crippen LogP contribution in [-0.4, -0.2) is 37.2 Å². The van der Waals surface area contributed by atoms with Crippen molar-refractivity contribution in [1.29, 1.82) is 0 Å². The molecule has 1 unspecified atom stereocenters. The summed E-state index contributed by atoms with van der Waals surface area (Å²) in [5, 5.41) is 0. The molecule has 0 saturated carbocycles. The fraction of sp³-hybridized carbons (Fsp3) is 0.657. The molecule has 0 aromatic rings. The lowest BCUT2D eigenvalue weighted by atomic mass is 10.0. The van der Waals surface area contributed by atoms with Crippen molar-refractivity contribution in [2.45, 2.75) is 271 Å². The predicted octanol–water partition coefficient (Wildman–Crippen LogP) is 20.4. The van der Waals surface area contributed by atoms with Crippen molar-refractivity contribution in [2.24, 2.45) is 0 Å². The van der Waals surface area contributed by atoms with Gasteiger partial charge in [0.05, 0.1) is 0 Å². The van der Waals surface area contributed by atoms with Gasteiger partial charge < -0.3 is 14.2 Å². The van der Waals surface area contributed by atoms with Gasteiger partial charge in [0.1, 0.15) is 13.2 Å². The Balaban J connectivity index is 4.20. The third kappa shape index (κ3) is 58.6. The third-order valence-corrected chi connectivity index (χ3v) is 12.5. The maximum atomic E-state index is 12.8. The van der Waals surface area contributed by atoms with Crippen LogP contribution in [0, 0.1) is 0 Å². The van der Waals surface area contributed by atoms with Gasteiger partial charge >= 0.3 is 17.9 Å². The van der Waals surface area contributed by atoms with E-state index in [9.17, 15) is 14.4 Å². The lowest BCUT2D eigenvalue weighted by molar-refractivity contribution is -0.167. The second-order valence-electron chi connectivity index (χ2n) is 19.5. The molecule has 0 saturated heterocycles. The molecule has 1 atom stereocenters. The smallest absolute Gasteiger partial charge is 0.306 e.